The van der Waals surface area contributed by atoms with Gasteiger partial charge in [-0.25, -0.2) is 0 Å². The van der Waals surface area contributed by atoms with Crippen molar-refractivity contribution in [1.82, 2.24) is 10.6 Å². The van der Waals surface area contributed by atoms with Crippen molar-refractivity contribution in [3.8, 4) is 0 Å². The molecule has 0 aliphatic carbocycles. The van der Waals surface area contributed by atoms with Crippen LogP contribution in [0.1, 0.15) is 48.0 Å². The van der Waals surface area contributed by atoms with E-state index in [9.17, 15) is 0 Å². The molecule has 2 heteroatoms. The molecule has 0 saturated carbocycles. The van der Waals surface area contributed by atoms with Crippen LogP contribution in [0, 0.1) is 5.41 Å². The monoisotopic (exact) mass is 200 g/mol. The Balaban J connectivity index is 3.95. The molecule has 0 aliphatic heterocycles. The van der Waals surface area contributed by atoms with Crippen LogP contribution in [-0.4, -0.2) is 25.2 Å². The number of hydrogen-bond donors (Lipinski definition) is 2. The highest BCUT2D eigenvalue weighted by Crippen LogP contribution is 2.26. The summed E-state index contributed by atoms with van der Waals surface area (Å²) in [5.74, 6) is 0. The Labute approximate surface area is 89.9 Å². The lowest BCUT2D eigenvalue weighted by molar-refractivity contribution is 0.237. The van der Waals surface area contributed by atoms with Gasteiger partial charge in [0, 0.05) is 18.1 Å². The van der Waals surface area contributed by atoms with Crippen LogP contribution in [0.3, 0.4) is 0 Å². The van der Waals surface area contributed by atoms with E-state index in [0.29, 0.717) is 11.5 Å². The molecule has 0 aromatic carbocycles. The normalized spacial score (nSPS) is 15.6. The van der Waals surface area contributed by atoms with E-state index in [0.717, 1.165) is 6.54 Å². The van der Waals surface area contributed by atoms with Crippen LogP contribution >= 0.6 is 0 Å². The molecule has 0 fully saturated rings. The van der Waals surface area contributed by atoms with E-state index < -0.39 is 0 Å². The first kappa shape index (κ1) is 13.9. The number of hydrogen-bond acceptors (Lipinski definition) is 2. The third-order valence-corrected chi connectivity index (χ3v) is 2.35. The van der Waals surface area contributed by atoms with Crippen LogP contribution in [-0.2, 0) is 0 Å². The van der Waals surface area contributed by atoms with Crippen LogP contribution in [0.15, 0.2) is 0 Å². The SMILES string of the molecule is CNC(C)CNC(C)(C)CC(C)(C)C. The number of rotatable bonds is 5. The minimum Gasteiger partial charge on any atom is -0.316 e. The molecule has 2 N–H and O–H groups in total. The second-order valence-corrected chi connectivity index (χ2v) is 6.19. The zero-order valence-electron chi connectivity index (χ0n) is 11.0. The van der Waals surface area contributed by atoms with Crippen molar-refractivity contribution in [1.29, 1.82) is 0 Å². The van der Waals surface area contributed by atoms with Crippen molar-refractivity contribution in [3.05, 3.63) is 0 Å². The molecule has 0 amide bonds. The highest BCUT2D eigenvalue weighted by molar-refractivity contribution is 4.84. The number of likely N-dealkylation sites (N-methyl/N-ethyl adjacent to an activating group) is 1. The van der Waals surface area contributed by atoms with Gasteiger partial charge in [0.15, 0.2) is 0 Å². The van der Waals surface area contributed by atoms with Gasteiger partial charge in [0.2, 0.25) is 0 Å². The Bertz CT molecular complexity index is 156. The summed E-state index contributed by atoms with van der Waals surface area (Å²) in [5, 5.41) is 6.84. The lowest BCUT2D eigenvalue weighted by Gasteiger charge is -2.34. The van der Waals surface area contributed by atoms with Crippen molar-refractivity contribution < 1.29 is 0 Å². The summed E-state index contributed by atoms with van der Waals surface area (Å²) in [5.41, 5.74) is 0.614. The Kier molecular flexibility index (Phi) is 5.10. The van der Waals surface area contributed by atoms with Crippen molar-refractivity contribution in [3.63, 3.8) is 0 Å². The Hall–Kier alpha value is -0.0800. The molecule has 0 aromatic rings. The van der Waals surface area contributed by atoms with Crippen molar-refractivity contribution >= 4 is 0 Å². The molecule has 2 nitrogen and oxygen atoms in total. The molecular formula is C12H28N2. The van der Waals surface area contributed by atoms with Gasteiger partial charge >= 0.3 is 0 Å². The Morgan fingerprint density at radius 1 is 1.07 bits per heavy atom. The topological polar surface area (TPSA) is 24.1 Å². The van der Waals surface area contributed by atoms with E-state index in [1.165, 1.54) is 6.42 Å². The average Bonchev–Trinajstić information content (AvgIpc) is 1.96. The molecule has 0 aliphatic rings. The first-order valence-electron chi connectivity index (χ1n) is 5.58. The zero-order valence-corrected chi connectivity index (χ0v) is 11.0. The standard InChI is InChI=1S/C12H28N2/c1-10(13-7)8-14-12(5,6)9-11(2,3)4/h10,13-14H,8-9H2,1-7H3. The van der Waals surface area contributed by atoms with Crippen molar-refractivity contribution in [2.45, 2.75) is 59.5 Å². The minimum atomic E-state index is 0.226. The fourth-order valence-electron chi connectivity index (χ4n) is 1.92. The van der Waals surface area contributed by atoms with Gasteiger partial charge in [0.25, 0.3) is 0 Å². The van der Waals surface area contributed by atoms with Crippen LogP contribution in [0.25, 0.3) is 0 Å². The first-order valence-corrected chi connectivity index (χ1v) is 5.58. The van der Waals surface area contributed by atoms with Crippen LogP contribution in [0.5, 0.6) is 0 Å². The van der Waals surface area contributed by atoms with Crippen molar-refractivity contribution in [2.24, 2.45) is 5.41 Å². The molecule has 1 atom stereocenters. The van der Waals surface area contributed by atoms with Gasteiger partial charge in [-0.2, -0.15) is 0 Å². The van der Waals surface area contributed by atoms with Gasteiger partial charge in [-0.3, -0.25) is 0 Å². The Morgan fingerprint density at radius 2 is 1.57 bits per heavy atom. The fourth-order valence-corrected chi connectivity index (χ4v) is 1.92. The van der Waals surface area contributed by atoms with Gasteiger partial charge in [0.05, 0.1) is 0 Å². The smallest absolute Gasteiger partial charge is 0.0161 e. The minimum absolute atomic E-state index is 0.226. The highest BCUT2D eigenvalue weighted by atomic mass is 15.0. The quantitative estimate of drug-likeness (QED) is 0.712. The van der Waals surface area contributed by atoms with Crippen molar-refractivity contribution in [2.75, 3.05) is 13.6 Å². The first-order chi connectivity index (χ1) is 6.16. The summed E-state index contributed by atoms with van der Waals surface area (Å²) >= 11 is 0. The van der Waals surface area contributed by atoms with E-state index in [-0.39, 0.29) is 5.54 Å². The molecule has 0 aromatic heterocycles. The summed E-state index contributed by atoms with van der Waals surface area (Å²) in [6.45, 7) is 14.6. The third-order valence-electron chi connectivity index (χ3n) is 2.35. The Morgan fingerprint density at radius 3 is 1.93 bits per heavy atom. The van der Waals surface area contributed by atoms with Crippen LogP contribution in [0.4, 0.5) is 0 Å². The lowest BCUT2D eigenvalue weighted by atomic mass is 9.82. The molecule has 14 heavy (non-hydrogen) atoms. The highest BCUT2D eigenvalue weighted by Gasteiger charge is 2.24. The maximum Gasteiger partial charge on any atom is 0.0161 e. The fraction of sp³-hybridized carbons (Fsp3) is 1.00. The third kappa shape index (κ3) is 7.34. The van der Waals surface area contributed by atoms with E-state index >= 15 is 0 Å². The molecule has 0 rings (SSSR count). The van der Waals surface area contributed by atoms with E-state index in [1.807, 2.05) is 7.05 Å². The second-order valence-electron chi connectivity index (χ2n) is 6.19. The van der Waals surface area contributed by atoms with Gasteiger partial charge in [-0.1, -0.05) is 20.8 Å². The van der Waals surface area contributed by atoms with Gasteiger partial charge in [0.1, 0.15) is 0 Å². The van der Waals surface area contributed by atoms with Gasteiger partial charge < -0.3 is 10.6 Å². The predicted octanol–water partition coefficient (Wildman–Crippen LogP) is 2.40. The summed E-state index contributed by atoms with van der Waals surface area (Å²) in [4.78, 5) is 0. The van der Waals surface area contributed by atoms with E-state index in [4.69, 9.17) is 0 Å². The average molecular weight is 200 g/mol. The molecule has 0 spiro atoms. The molecular weight excluding hydrogens is 172 g/mol. The molecule has 0 saturated heterocycles. The molecule has 86 valence electrons. The van der Waals surface area contributed by atoms with Crippen LogP contribution < -0.4 is 10.6 Å². The molecule has 1 unspecified atom stereocenters. The second kappa shape index (κ2) is 5.13. The summed E-state index contributed by atoms with van der Waals surface area (Å²) in [6.07, 6.45) is 1.19. The van der Waals surface area contributed by atoms with Crippen LogP contribution in [0.2, 0.25) is 0 Å². The van der Waals surface area contributed by atoms with E-state index in [2.05, 4.69) is 52.2 Å². The van der Waals surface area contributed by atoms with Gasteiger partial charge in [-0.15, -0.1) is 0 Å². The van der Waals surface area contributed by atoms with E-state index in [1.54, 1.807) is 0 Å². The summed E-state index contributed by atoms with van der Waals surface area (Å²) in [7, 11) is 2.00. The molecule has 0 heterocycles. The maximum atomic E-state index is 3.60. The van der Waals surface area contributed by atoms with Gasteiger partial charge in [-0.05, 0) is 39.7 Å². The number of nitrogens with one attached hydrogen (secondary N) is 2. The predicted molar refractivity (Wildman–Crippen MR) is 64.7 cm³/mol. The molecule has 0 radical (unpaired) electrons. The largest absolute Gasteiger partial charge is 0.316 e. The summed E-state index contributed by atoms with van der Waals surface area (Å²) < 4.78 is 0. The maximum absolute atomic E-state index is 3.60. The summed E-state index contributed by atoms with van der Waals surface area (Å²) in [6, 6.07) is 0.536. The lowest BCUT2D eigenvalue weighted by Crippen LogP contribution is -2.47. The zero-order chi connectivity index (χ0) is 11.4. The molecule has 0 bridgehead atoms.